The van der Waals surface area contributed by atoms with Gasteiger partial charge < -0.3 is 10.2 Å². The number of carbonyl (C=O) groups excluding carboxylic acids is 2. The summed E-state index contributed by atoms with van der Waals surface area (Å²) in [5.74, 6) is 0.0999. The van der Waals surface area contributed by atoms with E-state index < -0.39 is 0 Å². The summed E-state index contributed by atoms with van der Waals surface area (Å²) in [4.78, 5) is 30.5. The van der Waals surface area contributed by atoms with E-state index in [0.717, 1.165) is 63.0 Å². The van der Waals surface area contributed by atoms with Crippen molar-refractivity contribution in [3.05, 3.63) is 71.3 Å². The molecule has 0 radical (unpaired) electrons. The van der Waals surface area contributed by atoms with Crippen LogP contribution in [-0.2, 0) is 6.54 Å². The van der Waals surface area contributed by atoms with Crippen LogP contribution in [0.25, 0.3) is 0 Å². The predicted octanol–water partition coefficient (Wildman–Crippen LogP) is 4.49. The van der Waals surface area contributed by atoms with Crippen molar-refractivity contribution < 1.29 is 9.59 Å². The van der Waals surface area contributed by atoms with E-state index in [9.17, 15) is 9.59 Å². The van der Waals surface area contributed by atoms with Gasteiger partial charge in [-0.1, -0.05) is 42.8 Å². The largest absolute Gasteiger partial charge is 0.352 e. The Morgan fingerprint density at radius 2 is 1.56 bits per heavy atom. The van der Waals surface area contributed by atoms with Crippen LogP contribution < -0.4 is 5.32 Å². The lowest BCUT2D eigenvalue weighted by Crippen LogP contribution is -2.45. The Labute approximate surface area is 191 Å². The van der Waals surface area contributed by atoms with Gasteiger partial charge >= 0.3 is 0 Å². The van der Waals surface area contributed by atoms with Crippen LogP contribution in [0.5, 0.6) is 0 Å². The van der Waals surface area contributed by atoms with Crippen molar-refractivity contribution in [1.29, 1.82) is 0 Å². The lowest BCUT2D eigenvalue weighted by atomic mass is 9.96. The fraction of sp³-hybridized carbons (Fsp3) is 0.481. The van der Waals surface area contributed by atoms with E-state index >= 15 is 0 Å². The Morgan fingerprint density at radius 3 is 2.38 bits per heavy atom. The fourth-order valence-electron chi connectivity index (χ4n) is 4.99. The van der Waals surface area contributed by atoms with Crippen molar-refractivity contribution in [2.24, 2.45) is 0 Å². The molecule has 0 aromatic heterocycles. The highest BCUT2D eigenvalue weighted by atomic mass is 16.2. The van der Waals surface area contributed by atoms with E-state index in [1.165, 1.54) is 19.3 Å². The summed E-state index contributed by atoms with van der Waals surface area (Å²) in [6.07, 6.45) is 7.79. The minimum atomic E-state index is -0.0498. The highest BCUT2D eigenvalue weighted by Gasteiger charge is 2.28. The molecule has 0 unspecified atom stereocenters. The second-order valence-electron chi connectivity index (χ2n) is 9.05. The summed E-state index contributed by atoms with van der Waals surface area (Å²) in [5, 5.41) is 3.03. The molecule has 2 aromatic carbocycles. The third-order valence-corrected chi connectivity index (χ3v) is 6.78. The molecule has 32 heavy (non-hydrogen) atoms. The maximum Gasteiger partial charge on any atom is 0.254 e. The van der Waals surface area contributed by atoms with Gasteiger partial charge in [-0.3, -0.25) is 14.5 Å². The Morgan fingerprint density at radius 1 is 0.844 bits per heavy atom. The minimum Gasteiger partial charge on any atom is -0.352 e. The molecular weight excluding hydrogens is 398 g/mol. The van der Waals surface area contributed by atoms with E-state index in [1.807, 2.05) is 48.5 Å². The normalized spacial score (nSPS) is 19.5. The van der Waals surface area contributed by atoms with E-state index in [1.54, 1.807) is 0 Å². The van der Waals surface area contributed by atoms with E-state index in [4.69, 9.17) is 0 Å². The molecule has 0 bridgehead atoms. The molecule has 5 nitrogen and oxygen atoms in total. The minimum absolute atomic E-state index is 0.0498. The molecular formula is C27H35N3O2. The number of likely N-dealkylation sites (tertiary alicyclic amines) is 2. The van der Waals surface area contributed by atoms with Crippen molar-refractivity contribution in [1.82, 2.24) is 15.1 Å². The first-order valence-electron chi connectivity index (χ1n) is 12.2. The van der Waals surface area contributed by atoms with Crippen LogP contribution in [-0.4, -0.2) is 53.8 Å². The van der Waals surface area contributed by atoms with Gasteiger partial charge in [-0.25, -0.2) is 0 Å². The van der Waals surface area contributed by atoms with Crippen LogP contribution in [0.2, 0.25) is 0 Å². The molecule has 170 valence electrons. The zero-order valence-corrected chi connectivity index (χ0v) is 19.0. The maximum absolute atomic E-state index is 13.6. The zero-order chi connectivity index (χ0) is 22.2. The quantitative estimate of drug-likeness (QED) is 0.700. The van der Waals surface area contributed by atoms with Crippen molar-refractivity contribution in [2.75, 3.05) is 26.2 Å². The van der Waals surface area contributed by atoms with E-state index in [0.29, 0.717) is 12.1 Å². The average molecular weight is 434 g/mol. The number of hydrogen-bond acceptors (Lipinski definition) is 3. The van der Waals surface area contributed by atoms with Crippen LogP contribution in [0.15, 0.2) is 54.6 Å². The third kappa shape index (κ3) is 5.77. The van der Waals surface area contributed by atoms with Crippen molar-refractivity contribution in [2.45, 2.75) is 57.5 Å². The second-order valence-corrected chi connectivity index (χ2v) is 9.05. The highest BCUT2D eigenvalue weighted by Crippen LogP contribution is 2.24. The smallest absolute Gasteiger partial charge is 0.254 e. The fourth-order valence-corrected chi connectivity index (χ4v) is 4.99. The number of nitrogens with zero attached hydrogens (tertiary/aromatic N) is 2. The Kier molecular flexibility index (Phi) is 7.94. The van der Waals surface area contributed by atoms with Crippen molar-refractivity contribution in [3.8, 4) is 0 Å². The lowest BCUT2D eigenvalue weighted by molar-refractivity contribution is 0.0599. The molecule has 1 N–H and O–H groups in total. The average Bonchev–Trinajstić information content (AvgIpc) is 2.85. The Hall–Kier alpha value is -2.66. The van der Waals surface area contributed by atoms with Crippen LogP contribution in [0.4, 0.5) is 0 Å². The lowest BCUT2D eigenvalue weighted by Gasteiger charge is -2.36. The Balaban J connectivity index is 1.39. The van der Waals surface area contributed by atoms with E-state index in [2.05, 4.69) is 21.2 Å². The number of nitrogens with one attached hydrogen (secondary N) is 1. The molecule has 0 saturated carbocycles. The molecule has 2 aliphatic heterocycles. The molecule has 0 aliphatic carbocycles. The first-order valence-corrected chi connectivity index (χ1v) is 12.2. The summed E-state index contributed by atoms with van der Waals surface area (Å²) in [6.45, 7) is 4.48. The van der Waals surface area contributed by atoms with E-state index in [-0.39, 0.29) is 17.9 Å². The number of carbonyl (C=O) groups is 2. The first-order chi connectivity index (χ1) is 15.7. The van der Waals surface area contributed by atoms with Crippen molar-refractivity contribution >= 4 is 11.8 Å². The summed E-state index contributed by atoms with van der Waals surface area (Å²) >= 11 is 0. The monoisotopic (exact) mass is 433 g/mol. The van der Waals surface area contributed by atoms with Crippen LogP contribution in [0, 0.1) is 0 Å². The Bertz CT molecular complexity index is 893. The molecule has 2 heterocycles. The molecule has 1 atom stereocenters. The van der Waals surface area contributed by atoms with Gasteiger partial charge in [0.2, 0.25) is 0 Å². The van der Waals surface area contributed by atoms with Crippen LogP contribution >= 0.6 is 0 Å². The van der Waals surface area contributed by atoms with Crippen LogP contribution in [0.1, 0.15) is 71.2 Å². The SMILES string of the molecule is O=C(NCC[C@H]1CCCCN1C(=O)c1ccccc1CN1CCCCC1)c1ccccc1. The second kappa shape index (κ2) is 11.3. The molecule has 2 fully saturated rings. The van der Waals surface area contributed by atoms with Crippen molar-refractivity contribution in [3.63, 3.8) is 0 Å². The number of benzene rings is 2. The molecule has 2 aromatic rings. The van der Waals surface area contributed by atoms with Gasteiger partial charge in [0.25, 0.3) is 11.8 Å². The molecule has 2 aliphatic rings. The summed E-state index contributed by atoms with van der Waals surface area (Å²) in [5.41, 5.74) is 2.66. The molecule has 5 heteroatoms. The molecule has 2 saturated heterocycles. The molecule has 2 amide bonds. The maximum atomic E-state index is 13.6. The van der Waals surface area contributed by atoms with Gasteiger partial charge in [0.15, 0.2) is 0 Å². The number of hydrogen-bond donors (Lipinski definition) is 1. The highest BCUT2D eigenvalue weighted by molar-refractivity contribution is 5.96. The topological polar surface area (TPSA) is 52.7 Å². The van der Waals surface area contributed by atoms with Gasteiger partial charge in [0.05, 0.1) is 0 Å². The van der Waals surface area contributed by atoms with Gasteiger partial charge in [0.1, 0.15) is 0 Å². The molecule has 0 spiro atoms. The summed E-state index contributed by atoms with van der Waals surface area (Å²) in [6, 6.07) is 17.6. The van der Waals surface area contributed by atoms with Gasteiger partial charge in [0, 0.05) is 36.8 Å². The first kappa shape index (κ1) is 22.5. The summed E-state index contributed by atoms with van der Waals surface area (Å²) < 4.78 is 0. The number of piperidine rings is 2. The number of rotatable bonds is 7. The third-order valence-electron chi connectivity index (χ3n) is 6.78. The summed E-state index contributed by atoms with van der Waals surface area (Å²) in [7, 11) is 0. The predicted molar refractivity (Wildman–Crippen MR) is 128 cm³/mol. The van der Waals surface area contributed by atoms with Gasteiger partial charge in [-0.2, -0.15) is 0 Å². The molecule has 4 rings (SSSR count). The number of amides is 2. The van der Waals surface area contributed by atoms with Gasteiger partial charge in [-0.15, -0.1) is 0 Å². The van der Waals surface area contributed by atoms with Gasteiger partial charge in [-0.05, 0) is 75.4 Å². The standard InChI is InChI=1S/C27H35N3O2/c31-26(22-11-3-1-4-12-22)28-17-16-24-14-7-10-20-30(24)27(32)25-15-6-5-13-23(25)21-29-18-8-2-9-19-29/h1,3-6,11-13,15,24H,2,7-10,14,16-21H2,(H,28,31)/t24-/m1/s1. The zero-order valence-electron chi connectivity index (χ0n) is 19.0. The van der Waals surface area contributed by atoms with Crippen LogP contribution in [0.3, 0.4) is 0 Å².